The SMILES string of the molecule is Cc1cccc(C(=O)Nc2cccc3cccnc23)c1N. The lowest BCUT2D eigenvalue weighted by molar-refractivity contribution is 0.102. The Kier molecular flexibility index (Phi) is 3.28. The average molecular weight is 277 g/mol. The summed E-state index contributed by atoms with van der Waals surface area (Å²) in [6.07, 6.45) is 1.71. The smallest absolute Gasteiger partial charge is 0.257 e. The third kappa shape index (κ3) is 2.43. The Morgan fingerprint density at radius 3 is 2.71 bits per heavy atom. The molecule has 0 unspecified atom stereocenters. The van der Waals surface area contributed by atoms with Crippen LogP contribution >= 0.6 is 0 Å². The maximum atomic E-state index is 12.4. The number of amides is 1. The maximum Gasteiger partial charge on any atom is 0.257 e. The van der Waals surface area contributed by atoms with Crippen molar-refractivity contribution < 1.29 is 4.79 Å². The van der Waals surface area contributed by atoms with Crippen molar-refractivity contribution in [1.29, 1.82) is 0 Å². The second-order valence-corrected chi connectivity index (χ2v) is 4.87. The lowest BCUT2D eigenvalue weighted by atomic mass is 10.1. The number of aryl methyl sites for hydroxylation is 1. The van der Waals surface area contributed by atoms with Crippen LogP contribution in [-0.2, 0) is 0 Å². The fourth-order valence-corrected chi connectivity index (χ4v) is 2.27. The van der Waals surface area contributed by atoms with E-state index < -0.39 is 0 Å². The quantitative estimate of drug-likeness (QED) is 0.706. The molecule has 2 aromatic carbocycles. The number of nitrogens with zero attached hydrogens (tertiary/aromatic N) is 1. The highest BCUT2D eigenvalue weighted by molar-refractivity contribution is 6.11. The lowest BCUT2D eigenvalue weighted by Crippen LogP contribution is -2.15. The first-order valence-corrected chi connectivity index (χ1v) is 6.67. The number of hydrogen-bond donors (Lipinski definition) is 2. The Morgan fingerprint density at radius 1 is 1.10 bits per heavy atom. The summed E-state index contributed by atoms with van der Waals surface area (Å²) < 4.78 is 0. The molecule has 104 valence electrons. The van der Waals surface area contributed by atoms with Crippen molar-refractivity contribution in [2.75, 3.05) is 11.1 Å². The van der Waals surface area contributed by atoms with Gasteiger partial charge in [-0.3, -0.25) is 9.78 Å². The van der Waals surface area contributed by atoms with Gasteiger partial charge in [0.2, 0.25) is 0 Å². The highest BCUT2D eigenvalue weighted by atomic mass is 16.1. The first kappa shape index (κ1) is 13.1. The molecule has 1 aromatic heterocycles. The van der Waals surface area contributed by atoms with Crippen LogP contribution in [-0.4, -0.2) is 10.9 Å². The number of rotatable bonds is 2. The van der Waals surface area contributed by atoms with E-state index >= 15 is 0 Å². The monoisotopic (exact) mass is 277 g/mol. The highest BCUT2D eigenvalue weighted by Gasteiger charge is 2.12. The lowest BCUT2D eigenvalue weighted by Gasteiger charge is -2.10. The van der Waals surface area contributed by atoms with Crippen molar-refractivity contribution in [3.8, 4) is 0 Å². The number of carbonyl (C=O) groups excluding carboxylic acids is 1. The third-order valence-corrected chi connectivity index (χ3v) is 3.45. The molecular formula is C17H15N3O. The molecule has 0 aliphatic heterocycles. The molecule has 0 aliphatic carbocycles. The molecule has 0 radical (unpaired) electrons. The van der Waals surface area contributed by atoms with Gasteiger partial charge in [-0.25, -0.2) is 0 Å². The van der Waals surface area contributed by atoms with Crippen molar-refractivity contribution in [2.24, 2.45) is 0 Å². The molecular weight excluding hydrogens is 262 g/mol. The normalized spacial score (nSPS) is 10.5. The number of fused-ring (bicyclic) bond motifs is 1. The summed E-state index contributed by atoms with van der Waals surface area (Å²) >= 11 is 0. The van der Waals surface area contributed by atoms with Crippen LogP contribution in [0.5, 0.6) is 0 Å². The molecule has 0 saturated heterocycles. The summed E-state index contributed by atoms with van der Waals surface area (Å²) in [5.74, 6) is -0.227. The Labute approximate surface area is 122 Å². The molecule has 3 rings (SSSR count). The van der Waals surface area contributed by atoms with Crippen LogP contribution in [0, 0.1) is 6.92 Å². The molecule has 1 heterocycles. The number of nitrogens with one attached hydrogen (secondary N) is 1. The largest absolute Gasteiger partial charge is 0.398 e. The number of aromatic nitrogens is 1. The molecule has 0 fully saturated rings. The van der Waals surface area contributed by atoms with Crippen LogP contribution in [0.2, 0.25) is 0 Å². The number of anilines is 2. The summed E-state index contributed by atoms with van der Waals surface area (Å²) in [7, 11) is 0. The molecule has 3 aromatic rings. The molecule has 0 atom stereocenters. The number of carbonyl (C=O) groups is 1. The molecule has 4 nitrogen and oxygen atoms in total. The number of nitrogen functional groups attached to an aromatic ring is 1. The predicted molar refractivity (Wildman–Crippen MR) is 85.3 cm³/mol. The predicted octanol–water partition coefficient (Wildman–Crippen LogP) is 3.38. The van der Waals surface area contributed by atoms with Crippen LogP contribution in [0.25, 0.3) is 10.9 Å². The number of para-hydroxylation sites is 2. The number of hydrogen-bond acceptors (Lipinski definition) is 3. The molecule has 0 spiro atoms. The van der Waals surface area contributed by atoms with Crippen LogP contribution in [0.15, 0.2) is 54.7 Å². The van der Waals surface area contributed by atoms with Crippen molar-refractivity contribution in [1.82, 2.24) is 4.98 Å². The van der Waals surface area contributed by atoms with E-state index in [0.29, 0.717) is 16.9 Å². The summed E-state index contributed by atoms with van der Waals surface area (Å²) in [6.45, 7) is 1.88. The third-order valence-electron chi connectivity index (χ3n) is 3.45. The van der Waals surface area contributed by atoms with Crippen LogP contribution in [0.4, 0.5) is 11.4 Å². The van der Waals surface area contributed by atoms with Crippen LogP contribution < -0.4 is 11.1 Å². The first-order chi connectivity index (χ1) is 10.2. The van der Waals surface area contributed by atoms with Gasteiger partial charge in [0, 0.05) is 17.3 Å². The van der Waals surface area contributed by atoms with Gasteiger partial charge in [-0.2, -0.15) is 0 Å². The summed E-state index contributed by atoms with van der Waals surface area (Å²) in [6, 6.07) is 14.9. The summed E-state index contributed by atoms with van der Waals surface area (Å²) in [5.41, 5.74) is 9.28. The van der Waals surface area contributed by atoms with Gasteiger partial charge in [0.15, 0.2) is 0 Å². The molecule has 0 bridgehead atoms. The van der Waals surface area contributed by atoms with E-state index in [9.17, 15) is 4.79 Å². The zero-order chi connectivity index (χ0) is 14.8. The van der Waals surface area contributed by atoms with Gasteiger partial charge in [-0.15, -0.1) is 0 Å². The Balaban J connectivity index is 1.99. The van der Waals surface area contributed by atoms with Gasteiger partial charge in [0.25, 0.3) is 5.91 Å². The van der Waals surface area contributed by atoms with Crippen molar-refractivity contribution in [2.45, 2.75) is 6.92 Å². The number of benzene rings is 2. The highest BCUT2D eigenvalue weighted by Crippen LogP contribution is 2.23. The second kappa shape index (κ2) is 5.25. The van der Waals surface area contributed by atoms with Crippen molar-refractivity contribution in [3.63, 3.8) is 0 Å². The first-order valence-electron chi connectivity index (χ1n) is 6.67. The zero-order valence-corrected chi connectivity index (χ0v) is 11.6. The zero-order valence-electron chi connectivity index (χ0n) is 11.6. The van der Waals surface area contributed by atoms with Gasteiger partial charge in [0.05, 0.1) is 16.8 Å². The van der Waals surface area contributed by atoms with E-state index in [1.807, 2.05) is 49.4 Å². The van der Waals surface area contributed by atoms with E-state index in [-0.39, 0.29) is 5.91 Å². The molecule has 0 aliphatic rings. The van der Waals surface area contributed by atoms with E-state index in [0.717, 1.165) is 16.5 Å². The Morgan fingerprint density at radius 2 is 1.86 bits per heavy atom. The minimum absolute atomic E-state index is 0.227. The molecule has 1 amide bonds. The Hall–Kier alpha value is -2.88. The molecule has 3 N–H and O–H groups in total. The Bertz CT molecular complexity index is 822. The topological polar surface area (TPSA) is 68.0 Å². The minimum atomic E-state index is -0.227. The number of nitrogens with two attached hydrogens (primary N) is 1. The van der Waals surface area contributed by atoms with Crippen LogP contribution in [0.3, 0.4) is 0 Å². The van der Waals surface area contributed by atoms with Crippen molar-refractivity contribution in [3.05, 3.63) is 65.9 Å². The molecule has 21 heavy (non-hydrogen) atoms. The standard InChI is InChI=1S/C17H15N3O/c1-11-5-2-8-13(15(11)18)17(21)20-14-9-3-6-12-7-4-10-19-16(12)14/h2-10H,18H2,1H3,(H,20,21). The van der Waals surface area contributed by atoms with E-state index in [2.05, 4.69) is 10.3 Å². The fourth-order valence-electron chi connectivity index (χ4n) is 2.27. The fraction of sp³-hybridized carbons (Fsp3) is 0.0588. The summed E-state index contributed by atoms with van der Waals surface area (Å²) in [5, 5.41) is 3.87. The minimum Gasteiger partial charge on any atom is -0.398 e. The maximum absolute atomic E-state index is 12.4. The van der Waals surface area contributed by atoms with Crippen LogP contribution in [0.1, 0.15) is 15.9 Å². The molecule has 0 saturated carbocycles. The van der Waals surface area contributed by atoms with E-state index in [1.54, 1.807) is 12.3 Å². The van der Waals surface area contributed by atoms with Crippen molar-refractivity contribution >= 4 is 28.2 Å². The van der Waals surface area contributed by atoms with Gasteiger partial charge in [-0.05, 0) is 30.7 Å². The van der Waals surface area contributed by atoms with E-state index in [4.69, 9.17) is 5.73 Å². The van der Waals surface area contributed by atoms with Gasteiger partial charge < -0.3 is 11.1 Å². The average Bonchev–Trinajstić information content (AvgIpc) is 2.50. The van der Waals surface area contributed by atoms with Gasteiger partial charge in [0.1, 0.15) is 0 Å². The number of pyridine rings is 1. The van der Waals surface area contributed by atoms with E-state index in [1.165, 1.54) is 0 Å². The summed E-state index contributed by atoms with van der Waals surface area (Å²) in [4.78, 5) is 16.7. The van der Waals surface area contributed by atoms with Gasteiger partial charge in [-0.1, -0.05) is 30.3 Å². The molecule has 4 heteroatoms. The second-order valence-electron chi connectivity index (χ2n) is 4.87. The van der Waals surface area contributed by atoms with Gasteiger partial charge >= 0.3 is 0 Å².